The highest BCUT2D eigenvalue weighted by molar-refractivity contribution is 7.87. The van der Waals surface area contributed by atoms with Crippen LogP contribution in [0.1, 0.15) is 47.1 Å². The fourth-order valence-corrected chi connectivity index (χ4v) is 4.31. The lowest BCUT2D eigenvalue weighted by Gasteiger charge is -2.26. The van der Waals surface area contributed by atoms with Gasteiger partial charge in [0.15, 0.2) is 0 Å². The number of fused-ring (bicyclic) bond motifs is 1. The molecule has 2 rings (SSSR count). The van der Waals surface area contributed by atoms with Crippen LogP contribution in [0.25, 0.3) is 10.8 Å². The van der Waals surface area contributed by atoms with Crippen molar-refractivity contribution in [1.82, 2.24) is 0 Å². The van der Waals surface area contributed by atoms with Gasteiger partial charge in [-0.2, -0.15) is 8.42 Å². The average molecular weight is 320 g/mol. The van der Waals surface area contributed by atoms with Crippen molar-refractivity contribution >= 4 is 20.9 Å². The zero-order valence-corrected chi connectivity index (χ0v) is 14.9. The largest absolute Gasteiger partial charge is 0.298 e. The monoisotopic (exact) mass is 320 g/mol. The molecule has 0 aliphatic rings. The molecule has 0 amide bonds. The molecule has 0 saturated heterocycles. The van der Waals surface area contributed by atoms with E-state index in [9.17, 15) is 8.42 Å². The summed E-state index contributed by atoms with van der Waals surface area (Å²) in [6, 6.07) is 11.4. The van der Waals surface area contributed by atoms with Crippen LogP contribution in [0.4, 0.5) is 0 Å². The Kier molecular flexibility index (Phi) is 4.13. The van der Waals surface area contributed by atoms with E-state index in [-0.39, 0.29) is 10.3 Å². The standard InChI is InChI=1S/C18H24O3S/c1-17(2,3)15-12-11-13-9-7-8-10-14(13)16(15)22(19,20)21-18(4,5)6/h7-12H,1-6H3. The molecule has 0 atom stereocenters. The van der Waals surface area contributed by atoms with E-state index in [1.54, 1.807) is 20.8 Å². The number of hydrogen-bond acceptors (Lipinski definition) is 3. The Balaban J connectivity index is 2.85. The second kappa shape index (κ2) is 5.36. The molecular formula is C18H24O3S. The van der Waals surface area contributed by atoms with Crippen LogP contribution in [0.5, 0.6) is 0 Å². The first-order valence-corrected chi connectivity index (χ1v) is 8.80. The fourth-order valence-electron chi connectivity index (χ4n) is 2.47. The summed E-state index contributed by atoms with van der Waals surface area (Å²) in [5.41, 5.74) is -0.297. The molecule has 0 aliphatic carbocycles. The van der Waals surface area contributed by atoms with Crippen molar-refractivity contribution in [3.05, 3.63) is 42.0 Å². The highest BCUT2D eigenvalue weighted by atomic mass is 32.2. The third-order valence-corrected chi connectivity index (χ3v) is 4.96. The highest BCUT2D eigenvalue weighted by Crippen LogP contribution is 2.36. The predicted octanol–water partition coefficient (Wildman–Crippen LogP) is 4.64. The summed E-state index contributed by atoms with van der Waals surface area (Å²) in [7, 11) is -3.86. The summed E-state index contributed by atoms with van der Waals surface area (Å²) in [6.07, 6.45) is 0. The van der Waals surface area contributed by atoms with Gasteiger partial charge in [0.1, 0.15) is 4.90 Å². The number of hydrogen-bond donors (Lipinski definition) is 0. The molecule has 0 bridgehead atoms. The molecule has 120 valence electrons. The van der Waals surface area contributed by atoms with E-state index < -0.39 is 15.7 Å². The molecule has 0 aromatic heterocycles. The summed E-state index contributed by atoms with van der Waals surface area (Å²) >= 11 is 0. The molecule has 4 heteroatoms. The summed E-state index contributed by atoms with van der Waals surface area (Å²) in [4.78, 5) is 0.285. The van der Waals surface area contributed by atoms with Crippen LogP contribution in [0.15, 0.2) is 41.3 Å². The smallest absolute Gasteiger partial charge is 0.261 e. The quantitative estimate of drug-likeness (QED) is 0.757. The van der Waals surface area contributed by atoms with E-state index >= 15 is 0 Å². The Hall–Kier alpha value is -1.39. The lowest BCUT2D eigenvalue weighted by molar-refractivity contribution is 0.139. The van der Waals surface area contributed by atoms with Crippen LogP contribution in [0, 0.1) is 0 Å². The van der Waals surface area contributed by atoms with Gasteiger partial charge in [0.2, 0.25) is 0 Å². The van der Waals surface area contributed by atoms with Gasteiger partial charge in [-0.05, 0) is 37.1 Å². The molecular weight excluding hydrogens is 296 g/mol. The molecule has 2 aromatic rings. The zero-order valence-electron chi connectivity index (χ0n) is 14.1. The lowest BCUT2D eigenvalue weighted by atomic mass is 9.86. The highest BCUT2D eigenvalue weighted by Gasteiger charge is 2.31. The van der Waals surface area contributed by atoms with Crippen LogP contribution in [0.2, 0.25) is 0 Å². The summed E-state index contributed by atoms with van der Waals surface area (Å²) < 4.78 is 31.2. The Morgan fingerprint density at radius 2 is 1.45 bits per heavy atom. The van der Waals surface area contributed by atoms with Crippen LogP contribution in [0.3, 0.4) is 0 Å². The van der Waals surface area contributed by atoms with Gasteiger partial charge in [0.05, 0.1) is 5.60 Å². The number of rotatable bonds is 2. The third kappa shape index (κ3) is 3.50. The molecule has 0 spiro atoms. The molecule has 0 fully saturated rings. The molecule has 2 aromatic carbocycles. The first kappa shape index (κ1) is 17.0. The maximum atomic E-state index is 12.9. The van der Waals surface area contributed by atoms with Crippen LogP contribution < -0.4 is 0 Å². The molecule has 0 unspecified atom stereocenters. The van der Waals surface area contributed by atoms with Crippen molar-refractivity contribution in [2.45, 2.75) is 57.5 Å². The summed E-state index contributed by atoms with van der Waals surface area (Å²) in [5, 5.41) is 1.60. The van der Waals surface area contributed by atoms with E-state index in [0.29, 0.717) is 5.39 Å². The molecule has 0 N–H and O–H groups in total. The summed E-state index contributed by atoms with van der Waals surface area (Å²) in [5.74, 6) is 0. The Morgan fingerprint density at radius 3 is 2.00 bits per heavy atom. The molecule has 0 saturated carbocycles. The maximum absolute atomic E-state index is 12.9. The minimum absolute atomic E-state index is 0.285. The van der Waals surface area contributed by atoms with Gasteiger partial charge in [0.25, 0.3) is 10.1 Å². The predicted molar refractivity (Wildman–Crippen MR) is 90.7 cm³/mol. The molecule has 0 radical (unpaired) electrons. The van der Waals surface area contributed by atoms with Crippen LogP contribution in [-0.2, 0) is 19.7 Å². The van der Waals surface area contributed by atoms with Crippen LogP contribution in [-0.4, -0.2) is 14.0 Å². The van der Waals surface area contributed by atoms with E-state index in [1.165, 1.54) is 0 Å². The molecule has 3 nitrogen and oxygen atoms in total. The van der Waals surface area contributed by atoms with E-state index in [1.807, 2.05) is 57.2 Å². The summed E-state index contributed by atoms with van der Waals surface area (Å²) in [6.45, 7) is 11.2. The lowest BCUT2D eigenvalue weighted by Crippen LogP contribution is -2.26. The molecule has 0 aliphatic heterocycles. The topological polar surface area (TPSA) is 43.4 Å². The van der Waals surface area contributed by atoms with Crippen molar-refractivity contribution in [2.24, 2.45) is 0 Å². The second-order valence-corrected chi connectivity index (χ2v) is 9.05. The normalized spacial score (nSPS) is 13.5. The first-order chi connectivity index (χ1) is 9.92. The van der Waals surface area contributed by atoms with E-state index in [0.717, 1.165) is 10.9 Å². The first-order valence-electron chi connectivity index (χ1n) is 7.40. The van der Waals surface area contributed by atoms with Crippen molar-refractivity contribution in [3.8, 4) is 0 Å². The van der Waals surface area contributed by atoms with Gasteiger partial charge in [-0.3, -0.25) is 4.18 Å². The van der Waals surface area contributed by atoms with Crippen molar-refractivity contribution in [3.63, 3.8) is 0 Å². The SMILES string of the molecule is CC(C)(C)OS(=O)(=O)c1c(C(C)(C)C)ccc2ccccc12. The van der Waals surface area contributed by atoms with Crippen molar-refractivity contribution in [1.29, 1.82) is 0 Å². The van der Waals surface area contributed by atoms with Gasteiger partial charge in [-0.1, -0.05) is 57.2 Å². The van der Waals surface area contributed by atoms with Gasteiger partial charge >= 0.3 is 0 Å². The van der Waals surface area contributed by atoms with E-state index in [4.69, 9.17) is 4.18 Å². The maximum Gasteiger partial charge on any atom is 0.298 e. The minimum Gasteiger partial charge on any atom is -0.261 e. The van der Waals surface area contributed by atoms with E-state index in [2.05, 4.69) is 0 Å². The van der Waals surface area contributed by atoms with Crippen LogP contribution >= 0.6 is 0 Å². The zero-order chi connectivity index (χ0) is 16.8. The van der Waals surface area contributed by atoms with Gasteiger partial charge < -0.3 is 0 Å². The second-order valence-electron chi connectivity index (χ2n) is 7.56. The minimum atomic E-state index is -3.86. The average Bonchev–Trinajstić information content (AvgIpc) is 2.33. The van der Waals surface area contributed by atoms with Gasteiger partial charge in [-0.15, -0.1) is 0 Å². The molecule has 22 heavy (non-hydrogen) atoms. The molecule has 0 heterocycles. The Labute approximate surface area is 133 Å². The third-order valence-electron chi connectivity index (χ3n) is 3.30. The Bertz CT molecular complexity index is 791. The van der Waals surface area contributed by atoms with Gasteiger partial charge in [0, 0.05) is 5.39 Å². The Morgan fingerprint density at radius 1 is 0.864 bits per heavy atom. The number of benzene rings is 2. The van der Waals surface area contributed by atoms with Crippen molar-refractivity contribution < 1.29 is 12.6 Å². The fraction of sp³-hybridized carbons (Fsp3) is 0.444. The van der Waals surface area contributed by atoms with Crippen molar-refractivity contribution in [2.75, 3.05) is 0 Å². The van der Waals surface area contributed by atoms with Gasteiger partial charge in [-0.25, -0.2) is 0 Å².